The van der Waals surface area contributed by atoms with Gasteiger partial charge in [0.1, 0.15) is 11.5 Å². The third-order valence-corrected chi connectivity index (χ3v) is 18.9. The van der Waals surface area contributed by atoms with Crippen molar-refractivity contribution in [3.63, 3.8) is 0 Å². The Morgan fingerprint density at radius 2 is 1.08 bits per heavy atom. The van der Waals surface area contributed by atoms with Crippen LogP contribution in [0.15, 0.2) is 225 Å². The number of hydrogen-bond donors (Lipinski definition) is 0. The van der Waals surface area contributed by atoms with Crippen molar-refractivity contribution in [2.75, 3.05) is 4.90 Å². The first kappa shape index (κ1) is 37.5. The van der Waals surface area contributed by atoms with E-state index >= 15 is 0 Å². The van der Waals surface area contributed by atoms with E-state index in [9.17, 15) is 0 Å². The fourth-order valence-corrected chi connectivity index (χ4v) is 16.1. The van der Waals surface area contributed by atoms with E-state index in [1.807, 2.05) is 6.20 Å². The molecule has 0 saturated heterocycles. The van der Waals surface area contributed by atoms with Gasteiger partial charge < -0.3 is 4.57 Å². The zero-order valence-electron chi connectivity index (χ0n) is 36.1. The maximum Gasteiger partial charge on any atom is 0.179 e. The molecule has 13 rings (SSSR count). The molecule has 0 spiro atoms. The molecule has 0 amide bonds. The van der Waals surface area contributed by atoms with Crippen molar-refractivity contribution in [3.8, 4) is 5.69 Å². The van der Waals surface area contributed by atoms with Crippen LogP contribution in [0.3, 0.4) is 0 Å². The molecule has 4 aromatic heterocycles. The summed E-state index contributed by atoms with van der Waals surface area (Å²) in [6, 6.07) is 76.1. The summed E-state index contributed by atoms with van der Waals surface area (Å²) in [5.41, 5.74) is 9.88. The van der Waals surface area contributed by atoms with Crippen LogP contribution in [0.2, 0.25) is 0 Å². The number of anilines is 3. The van der Waals surface area contributed by atoms with Gasteiger partial charge in [0.2, 0.25) is 0 Å². The molecule has 0 saturated carbocycles. The smallest absolute Gasteiger partial charge is 0.179 e. The molecule has 0 atom stereocenters. The summed E-state index contributed by atoms with van der Waals surface area (Å²) < 4.78 is 4.62. The third-order valence-electron chi connectivity index (χ3n) is 14.1. The minimum Gasteiger partial charge on any atom is -0.308 e. The molecule has 8 aromatic carbocycles. The third kappa shape index (κ3) is 5.32. The van der Waals surface area contributed by atoms with Crippen LogP contribution in [0, 0.1) is 0 Å². The average molecular weight is 850 g/mol. The first-order valence-electron chi connectivity index (χ1n) is 22.4. The molecular formula is C59H43N5Si. The lowest BCUT2D eigenvalue weighted by atomic mass is 9.73. The van der Waals surface area contributed by atoms with Crippen LogP contribution >= 0.6 is 0 Å². The van der Waals surface area contributed by atoms with Crippen molar-refractivity contribution in [1.29, 1.82) is 0 Å². The van der Waals surface area contributed by atoms with Gasteiger partial charge in [-0.3, -0.25) is 9.30 Å². The van der Waals surface area contributed by atoms with Crippen LogP contribution in [-0.2, 0) is 5.41 Å². The van der Waals surface area contributed by atoms with Crippen LogP contribution in [0.25, 0.3) is 54.8 Å². The minimum absolute atomic E-state index is 0.363. The molecule has 1 aliphatic heterocycles. The lowest BCUT2D eigenvalue weighted by molar-refractivity contribution is 0.634. The van der Waals surface area contributed by atoms with E-state index < -0.39 is 8.07 Å². The van der Waals surface area contributed by atoms with Crippen LogP contribution < -0.4 is 25.6 Å². The van der Waals surface area contributed by atoms with Gasteiger partial charge in [-0.05, 0) is 74.2 Å². The number of aromatic nitrogens is 4. The minimum atomic E-state index is -3.06. The molecule has 0 bridgehead atoms. The number of rotatable bonds is 6. The van der Waals surface area contributed by atoms with E-state index in [-0.39, 0.29) is 5.41 Å². The number of nitrogens with zero attached hydrogens (tertiary/aromatic N) is 5. The van der Waals surface area contributed by atoms with Gasteiger partial charge in [0.25, 0.3) is 0 Å². The van der Waals surface area contributed by atoms with Gasteiger partial charge in [0.15, 0.2) is 8.07 Å². The fraction of sp³-hybridized carbons (Fsp3) is 0.0508. The Morgan fingerprint density at radius 3 is 1.85 bits per heavy atom. The van der Waals surface area contributed by atoms with Crippen LogP contribution in [0.4, 0.5) is 17.2 Å². The Morgan fingerprint density at radius 1 is 0.462 bits per heavy atom. The summed E-state index contributed by atoms with van der Waals surface area (Å²) in [5, 5.41) is 11.3. The highest BCUT2D eigenvalue weighted by Crippen LogP contribution is 2.54. The highest BCUT2D eigenvalue weighted by Gasteiger charge is 2.44. The van der Waals surface area contributed by atoms with Gasteiger partial charge in [-0.2, -0.15) is 0 Å². The van der Waals surface area contributed by atoms with E-state index in [1.165, 1.54) is 58.9 Å². The van der Waals surface area contributed by atoms with Gasteiger partial charge in [-0.25, -0.2) is 9.97 Å². The predicted octanol–water partition coefficient (Wildman–Crippen LogP) is 11.6. The quantitative estimate of drug-likeness (QED) is 0.0950. The molecule has 0 aliphatic carbocycles. The van der Waals surface area contributed by atoms with Gasteiger partial charge in [-0.15, -0.1) is 0 Å². The van der Waals surface area contributed by atoms with E-state index in [1.54, 1.807) is 0 Å². The molecule has 0 unspecified atom stereocenters. The number of imidazole rings is 1. The van der Waals surface area contributed by atoms with Crippen LogP contribution in [0.5, 0.6) is 0 Å². The molecule has 308 valence electrons. The predicted molar refractivity (Wildman–Crippen MR) is 273 cm³/mol. The summed E-state index contributed by atoms with van der Waals surface area (Å²) >= 11 is 0. The van der Waals surface area contributed by atoms with Crippen molar-refractivity contribution >= 4 is 95.1 Å². The standard InChI is InChI=1S/C59H43N5Si/c1-59(2)50-29-14-17-32-53(50)64(58-56(59)55-48-28-13-16-31-52(48)63(54(55)39-61-58)40-19-6-3-7-20-40)41-21-18-26-44(37-41)65(42-22-8-4-9-23-42,43-24-10-5-11-25-43)45-33-34-46-47-27-12-15-30-51(47)62-36-35-60-57(62)49(46)38-45/h3-39H,1-2H3. The second-order valence-corrected chi connectivity index (χ2v) is 21.6. The lowest BCUT2D eigenvalue weighted by Gasteiger charge is -2.42. The Balaban J connectivity index is 1.10. The van der Waals surface area contributed by atoms with E-state index in [0.29, 0.717) is 0 Å². The van der Waals surface area contributed by atoms with Crippen molar-refractivity contribution in [1.82, 2.24) is 18.9 Å². The van der Waals surface area contributed by atoms with Gasteiger partial charge in [0.05, 0.1) is 28.4 Å². The summed E-state index contributed by atoms with van der Waals surface area (Å²) in [6.45, 7) is 4.74. The van der Waals surface area contributed by atoms with Crippen molar-refractivity contribution in [2.24, 2.45) is 0 Å². The zero-order valence-corrected chi connectivity index (χ0v) is 37.1. The lowest BCUT2D eigenvalue weighted by Crippen LogP contribution is -2.74. The molecule has 0 fully saturated rings. The highest BCUT2D eigenvalue weighted by molar-refractivity contribution is 7.20. The van der Waals surface area contributed by atoms with Crippen LogP contribution in [0.1, 0.15) is 25.0 Å². The van der Waals surface area contributed by atoms with E-state index in [0.717, 1.165) is 44.9 Å². The summed E-state index contributed by atoms with van der Waals surface area (Å²) in [5.74, 6) is 0.959. The number of pyridine rings is 2. The number of benzene rings is 8. The van der Waals surface area contributed by atoms with E-state index in [4.69, 9.17) is 9.97 Å². The number of hydrogen-bond acceptors (Lipinski definition) is 3. The Hall–Kier alpha value is -8.06. The molecule has 1 aliphatic rings. The normalized spacial score (nSPS) is 13.5. The maximum absolute atomic E-state index is 5.54. The summed E-state index contributed by atoms with van der Waals surface area (Å²) in [4.78, 5) is 13.0. The molecule has 6 heteroatoms. The monoisotopic (exact) mass is 849 g/mol. The summed E-state index contributed by atoms with van der Waals surface area (Å²) in [7, 11) is -3.06. The first-order chi connectivity index (χ1) is 32.0. The van der Waals surface area contributed by atoms with Gasteiger partial charge in [-0.1, -0.05) is 178 Å². The van der Waals surface area contributed by atoms with Gasteiger partial charge in [0, 0.05) is 56.3 Å². The second-order valence-electron chi connectivity index (χ2n) is 17.8. The van der Waals surface area contributed by atoms with Gasteiger partial charge >= 0.3 is 0 Å². The van der Waals surface area contributed by atoms with E-state index in [2.05, 4.69) is 246 Å². The highest BCUT2D eigenvalue weighted by atomic mass is 28.3. The average Bonchev–Trinajstić information content (AvgIpc) is 4.00. The molecule has 5 nitrogen and oxygen atoms in total. The van der Waals surface area contributed by atoms with Crippen molar-refractivity contribution in [2.45, 2.75) is 19.3 Å². The first-order valence-corrected chi connectivity index (χ1v) is 24.4. The Labute approximate surface area is 378 Å². The zero-order chi connectivity index (χ0) is 43.3. The molecule has 0 radical (unpaired) electrons. The summed E-state index contributed by atoms with van der Waals surface area (Å²) in [6.07, 6.45) is 6.11. The fourth-order valence-electron chi connectivity index (χ4n) is 11.3. The Kier molecular flexibility index (Phi) is 8.20. The largest absolute Gasteiger partial charge is 0.308 e. The number of fused-ring (bicyclic) bond motifs is 12. The molecule has 5 heterocycles. The maximum atomic E-state index is 5.54. The Bertz CT molecular complexity index is 3780. The SMILES string of the molecule is CC1(C)c2ccccc2N(c2cccc([Si](c3ccccc3)(c3ccccc3)c3ccc4c5ccccc5n5ccnc5c4c3)c2)c2ncc3c(c21)c1ccccc1n3-c1ccccc1. The second kappa shape index (κ2) is 14.2. The van der Waals surface area contributed by atoms with Crippen LogP contribution in [-0.4, -0.2) is 27.0 Å². The van der Waals surface area contributed by atoms with Crippen molar-refractivity contribution < 1.29 is 0 Å². The molecular weight excluding hydrogens is 807 g/mol. The topological polar surface area (TPSA) is 38.4 Å². The molecule has 12 aromatic rings. The molecule has 0 N–H and O–H groups in total. The number of para-hydroxylation sites is 4. The van der Waals surface area contributed by atoms with Crippen molar-refractivity contribution in [3.05, 3.63) is 236 Å². The molecule has 65 heavy (non-hydrogen) atoms.